The monoisotopic (exact) mass is 255 g/mol. The Morgan fingerprint density at radius 2 is 2.29 bits per heavy atom. The topological polar surface area (TPSA) is 43.1 Å². The molecule has 0 N–H and O–H groups in total. The van der Waals surface area contributed by atoms with E-state index in [0.717, 1.165) is 10.9 Å². The molecule has 0 aliphatic carbocycles. The zero-order chi connectivity index (χ0) is 10.6. The van der Waals surface area contributed by atoms with E-state index < -0.39 is 0 Å². The molecule has 0 radical (unpaired) electrons. The number of nitro groups is 1. The summed E-state index contributed by atoms with van der Waals surface area (Å²) in [6.07, 6.45) is 3.75. The summed E-state index contributed by atoms with van der Waals surface area (Å²) in [5.74, 6) is 0. The zero-order valence-corrected chi connectivity index (χ0v) is 9.32. The lowest BCUT2D eigenvalue weighted by atomic mass is 10.1. The third-order valence-electron chi connectivity index (χ3n) is 1.83. The maximum Gasteiger partial charge on any atom is 0.272 e. The van der Waals surface area contributed by atoms with Crippen LogP contribution in [0.2, 0.25) is 0 Å². The van der Waals surface area contributed by atoms with Crippen LogP contribution in [-0.4, -0.2) is 10.3 Å². The van der Waals surface area contributed by atoms with Crippen molar-refractivity contribution in [3.63, 3.8) is 0 Å². The predicted octanol–water partition coefficient (Wildman–Crippen LogP) is 3.31. The van der Waals surface area contributed by atoms with Gasteiger partial charge in [-0.2, -0.15) is 0 Å². The van der Waals surface area contributed by atoms with E-state index >= 15 is 0 Å². The highest BCUT2D eigenvalue weighted by molar-refractivity contribution is 9.09. The van der Waals surface area contributed by atoms with Gasteiger partial charge in [0.1, 0.15) is 0 Å². The van der Waals surface area contributed by atoms with Gasteiger partial charge in [0, 0.05) is 17.0 Å². The average molecular weight is 256 g/mol. The fourth-order valence-electron chi connectivity index (χ4n) is 1.11. The molecule has 0 aromatic heterocycles. The summed E-state index contributed by atoms with van der Waals surface area (Å²) in [6, 6.07) is 5.20. The van der Waals surface area contributed by atoms with Gasteiger partial charge in [-0.1, -0.05) is 40.2 Å². The van der Waals surface area contributed by atoms with Gasteiger partial charge in [0.15, 0.2) is 0 Å². The molecule has 1 aromatic carbocycles. The highest BCUT2D eigenvalue weighted by Crippen LogP contribution is 2.19. The van der Waals surface area contributed by atoms with E-state index in [-0.39, 0.29) is 10.6 Å². The average Bonchev–Trinajstić information content (AvgIpc) is 2.16. The molecule has 0 spiro atoms. The summed E-state index contributed by atoms with van der Waals surface area (Å²) >= 11 is 3.25. The van der Waals surface area contributed by atoms with E-state index in [1.807, 2.05) is 18.2 Å². The van der Waals surface area contributed by atoms with Gasteiger partial charge in [-0.05, 0) is 12.5 Å². The molecule has 0 saturated carbocycles. The smallest absolute Gasteiger partial charge is 0.258 e. The molecule has 0 atom stereocenters. The van der Waals surface area contributed by atoms with Crippen LogP contribution < -0.4 is 0 Å². The summed E-state index contributed by atoms with van der Waals surface area (Å²) in [7, 11) is 0. The Labute approximate surface area is 90.7 Å². The van der Waals surface area contributed by atoms with Crippen molar-refractivity contribution >= 4 is 27.7 Å². The van der Waals surface area contributed by atoms with Gasteiger partial charge >= 0.3 is 0 Å². The largest absolute Gasteiger partial charge is 0.272 e. The first-order valence-corrected chi connectivity index (χ1v) is 5.25. The molecule has 1 rings (SSSR count). The van der Waals surface area contributed by atoms with E-state index in [9.17, 15) is 10.1 Å². The van der Waals surface area contributed by atoms with Crippen molar-refractivity contribution in [2.75, 3.05) is 5.33 Å². The van der Waals surface area contributed by atoms with Gasteiger partial charge in [-0.25, -0.2) is 0 Å². The first kappa shape index (κ1) is 10.9. The van der Waals surface area contributed by atoms with Crippen LogP contribution in [0, 0.1) is 17.0 Å². The van der Waals surface area contributed by atoms with Crippen molar-refractivity contribution in [2.45, 2.75) is 6.92 Å². The minimum absolute atomic E-state index is 0.168. The molecule has 1 aromatic rings. The number of hydrogen-bond donors (Lipinski definition) is 0. The summed E-state index contributed by atoms with van der Waals surface area (Å²) in [5.41, 5.74) is 1.70. The number of alkyl halides is 1. The first-order chi connectivity index (χ1) is 6.65. The van der Waals surface area contributed by atoms with Crippen molar-refractivity contribution in [3.05, 3.63) is 45.5 Å². The van der Waals surface area contributed by atoms with Crippen molar-refractivity contribution in [1.29, 1.82) is 0 Å². The minimum atomic E-state index is -0.360. The van der Waals surface area contributed by atoms with E-state index in [1.165, 1.54) is 0 Å². The maximum absolute atomic E-state index is 10.6. The molecule has 0 heterocycles. The SMILES string of the molecule is Cc1ccc(/C=C/CBr)cc1[N+](=O)[O-]. The molecule has 0 bridgehead atoms. The lowest BCUT2D eigenvalue weighted by molar-refractivity contribution is -0.385. The van der Waals surface area contributed by atoms with Crippen LogP contribution in [0.3, 0.4) is 0 Å². The van der Waals surface area contributed by atoms with Gasteiger partial charge in [0.05, 0.1) is 4.92 Å². The molecule has 74 valence electrons. The lowest BCUT2D eigenvalue weighted by Gasteiger charge is -1.98. The van der Waals surface area contributed by atoms with E-state index in [0.29, 0.717) is 5.56 Å². The van der Waals surface area contributed by atoms with Crippen LogP contribution in [0.15, 0.2) is 24.3 Å². The molecular formula is C10H10BrNO2. The molecule has 0 saturated heterocycles. The fourth-order valence-corrected chi connectivity index (χ4v) is 1.29. The quantitative estimate of drug-likeness (QED) is 0.473. The van der Waals surface area contributed by atoms with Crippen molar-refractivity contribution in [1.82, 2.24) is 0 Å². The molecule has 0 fully saturated rings. The van der Waals surface area contributed by atoms with Crippen LogP contribution in [0.1, 0.15) is 11.1 Å². The Kier molecular flexibility index (Phi) is 3.83. The molecule has 0 unspecified atom stereocenters. The van der Waals surface area contributed by atoms with Gasteiger partial charge < -0.3 is 0 Å². The molecule has 0 aliphatic heterocycles. The molecule has 14 heavy (non-hydrogen) atoms. The Bertz CT molecular complexity index is 374. The summed E-state index contributed by atoms with van der Waals surface area (Å²) < 4.78 is 0. The van der Waals surface area contributed by atoms with E-state index in [1.54, 1.807) is 19.1 Å². The highest BCUT2D eigenvalue weighted by Gasteiger charge is 2.09. The lowest BCUT2D eigenvalue weighted by Crippen LogP contribution is -1.91. The molecule has 3 nitrogen and oxygen atoms in total. The van der Waals surface area contributed by atoms with Crippen LogP contribution in [-0.2, 0) is 0 Å². The Balaban J connectivity index is 3.06. The van der Waals surface area contributed by atoms with E-state index in [4.69, 9.17) is 0 Å². The maximum atomic E-state index is 10.6. The number of aryl methyl sites for hydroxylation is 1. The van der Waals surface area contributed by atoms with Crippen LogP contribution in [0.5, 0.6) is 0 Å². The molecular weight excluding hydrogens is 246 g/mol. The van der Waals surface area contributed by atoms with Gasteiger partial charge in [-0.3, -0.25) is 10.1 Å². The Hall–Kier alpha value is -1.16. The number of benzene rings is 1. The number of rotatable bonds is 3. The molecule has 0 aliphatic rings. The third-order valence-corrected chi connectivity index (χ3v) is 2.20. The zero-order valence-electron chi connectivity index (χ0n) is 7.74. The second kappa shape index (κ2) is 4.91. The first-order valence-electron chi connectivity index (χ1n) is 4.12. The number of halogens is 1. The minimum Gasteiger partial charge on any atom is -0.258 e. The second-order valence-electron chi connectivity index (χ2n) is 2.86. The van der Waals surface area contributed by atoms with Crippen molar-refractivity contribution in [2.24, 2.45) is 0 Å². The number of nitro benzene ring substituents is 1. The van der Waals surface area contributed by atoms with Gasteiger partial charge in [0.25, 0.3) is 5.69 Å². The van der Waals surface area contributed by atoms with Crippen molar-refractivity contribution < 1.29 is 4.92 Å². The summed E-state index contributed by atoms with van der Waals surface area (Å²) in [5, 5.41) is 11.4. The van der Waals surface area contributed by atoms with Gasteiger partial charge in [0.2, 0.25) is 0 Å². The normalized spacial score (nSPS) is 10.7. The third kappa shape index (κ3) is 2.67. The molecule has 4 heteroatoms. The number of nitrogens with zero attached hydrogens (tertiary/aromatic N) is 1. The van der Waals surface area contributed by atoms with E-state index in [2.05, 4.69) is 15.9 Å². The number of hydrogen-bond acceptors (Lipinski definition) is 2. The fraction of sp³-hybridized carbons (Fsp3) is 0.200. The van der Waals surface area contributed by atoms with Crippen LogP contribution >= 0.6 is 15.9 Å². The summed E-state index contributed by atoms with van der Waals surface area (Å²) in [4.78, 5) is 10.3. The Morgan fingerprint density at radius 1 is 1.57 bits per heavy atom. The number of allylic oxidation sites excluding steroid dienone is 1. The van der Waals surface area contributed by atoms with Crippen LogP contribution in [0.25, 0.3) is 6.08 Å². The Morgan fingerprint density at radius 3 is 2.86 bits per heavy atom. The van der Waals surface area contributed by atoms with Gasteiger partial charge in [-0.15, -0.1) is 0 Å². The standard InChI is InChI=1S/C10H10BrNO2/c1-8-4-5-9(3-2-6-11)7-10(8)12(13)14/h2-5,7H,6H2,1H3/b3-2+. The summed E-state index contributed by atoms with van der Waals surface area (Å²) in [6.45, 7) is 1.73. The predicted molar refractivity (Wildman–Crippen MR) is 60.7 cm³/mol. The second-order valence-corrected chi connectivity index (χ2v) is 3.51. The van der Waals surface area contributed by atoms with Crippen LogP contribution in [0.4, 0.5) is 5.69 Å². The molecule has 0 amide bonds. The van der Waals surface area contributed by atoms with Crippen molar-refractivity contribution in [3.8, 4) is 0 Å². The highest BCUT2D eigenvalue weighted by atomic mass is 79.9.